The van der Waals surface area contributed by atoms with Crippen molar-refractivity contribution in [3.8, 4) is 0 Å². The molecule has 0 aromatic rings. The number of hydrogen-bond acceptors (Lipinski definition) is 7. The van der Waals surface area contributed by atoms with Gasteiger partial charge in [-0.1, -0.05) is 0 Å². The summed E-state index contributed by atoms with van der Waals surface area (Å²) >= 11 is 0. The lowest BCUT2D eigenvalue weighted by Gasteiger charge is -2.44. The van der Waals surface area contributed by atoms with Gasteiger partial charge in [0, 0.05) is 13.3 Å². The SMILES string of the molecule is CC(=O)N[C@H]1[C@H]([C@H](N=C(C)N)[C@H](C)O)O[C@](O)(C(=O)O)C[C@@H]1O. The first-order chi connectivity index (χ1) is 10.5. The zero-order valence-electron chi connectivity index (χ0n) is 13.1. The highest BCUT2D eigenvalue weighted by Crippen LogP contribution is 2.31. The van der Waals surface area contributed by atoms with E-state index in [0.717, 1.165) is 0 Å². The summed E-state index contributed by atoms with van der Waals surface area (Å²) in [6.07, 6.45) is -4.52. The average molecular weight is 333 g/mol. The molecule has 1 saturated heterocycles. The smallest absolute Gasteiger partial charge is 0.364 e. The van der Waals surface area contributed by atoms with Crippen molar-refractivity contribution >= 4 is 17.7 Å². The minimum absolute atomic E-state index is 0.0833. The molecule has 1 heterocycles. The van der Waals surface area contributed by atoms with Crippen LogP contribution in [0.3, 0.4) is 0 Å². The molecule has 0 radical (unpaired) electrons. The Morgan fingerprint density at radius 1 is 1.43 bits per heavy atom. The number of aliphatic carboxylic acids is 1. The predicted molar refractivity (Wildman–Crippen MR) is 78.5 cm³/mol. The van der Waals surface area contributed by atoms with Crippen LogP contribution in [0.1, 0.15) is 27.2 Å². The van der Waals surface area contributed by atoms with Crippen molar-refractivity contribution in [3.05, 3.63) is 0 Å². The molecule has 1 rings (SSSR count). The van der Waals surface area contributed by atoms with Gasteiger partial charge < -0.3 is 36.2 Å². The highest BCUT2D eigenvalue weighted by atomic mass is 16.7. The molecule has 1 fully saturated rings. The predicted octanol–water partition coefficient (Wildman–Crippen LogP) is -2.46. The van der Waals surface area contributed by atoms with E-state index < -0.39 is 54.5 Å². The topological polar surface area (TPSA) is 175 Å². The van der Waals surface area contributed by atoms with Crippen molar-refractivity contribution in [1.82, 2.24) is 5.32 Å². The molecule has 1 aliphatic heterocycles. The second-order valence-electron chi connectivity index (χ2n) is 5.67. The van der Waals surface area contributed by atoms with Crippen molar-refractivity contribution in [2.24, 2.45) is 10.7 Å². The molecule has 0 bridgehead atoms. The molecule has 6 atom stereocenters. The van der Waals surface area contributed by atoms with E-state index in [4.69, 9.17) is 15.6 Å². The molecule has 7 N–H and O–H groups in total. The van der Waals surface area contributed by atoms with Crippen LogP contribution in [0.5, 0.6) is 0 Å². The number of nitrogens with two attached hydrogens (primary N) is 1. The van der Waals surface area contributed by atoms with E-state index in [1.165, 1.54) is 20.8 Å². The maximum Gasteiger partial charge on any atom is 0.364 e. The van der Waals surface area contributed by atoms with Crippen LogP contribution >= 0.6 is 0 Å². The van der Waals surface area contributed by atoms with Gasteiger partial charge in [-0.05, 0) is 13.8 Å². The summed E-state index contributed by atoms with van der Waals surface area (Å²) < 4.78 is 5.20. The Bertz CT molecular complexity index is 492. The Labute approximate surface area is 133 Å². The molecule has 10 heteroatoms. The molecule has 23 heavy (non-hydrogen) atoms. The van der Waals surface area contributed by atoms with Crippen molar-refractivity contribution in [3.63, 3.8) is 0 Å². The van der Waals surface area contributed by atoms with Crippen molar-refractivity contribution in [2.45, 2.75) is 63.4 Å². The van der Waals surface area contributed by atoms with Crippen LogP contribution in [-0.2, 0) is 14.3 Å². The summed E-state index contributed by atoms with van der Waals surface area (Å²) in [7, 11) is 0. The molecule has 0 unspecified atom stereocenters. The summed E-state index contributed by atoms with van der Waals surface area (Å²) in [6, 6.07) is -2.17. The highest BCUT2D eigenvalue weighted by Gasteiger charge is 2.53. The molecule has 10 nitrogen and oxygen atoms in total. The number of carbonyl (C=O) groups is 2. The average Bonchev–Trinajstić information content (AvgIpc) is 2.38. The van der Waals surface area contributed by atoms with E-state index in [9.17, 15) is 24.9 Å². The van der Waals surface area contributed by atoms with Crippen LogP contribution in [-0.4, -0.2) is 74.3 Å². The van der Waals surface area contributed by atoms with Crippen LogP contribution in [0.25, 0.3) is 0 Å². The van der Waals surface area contributed by atoms with Crippen molar-refractivity contribution < 1.29 is 34.8 Å². The monoisotopic (exact) mass is 333 g/mol. The molecule has 0 spiro atoms. The first kappa shape index (κ1) is 19.3. The number of nitrogens with zero attached hydrogens (tertiary/aromatic N) is 1. The van der Waals surface area contributed by atoms with E-state index >= 15 is 0 Å². The minimum atomic E-state index is -2.66. The molecule has 0 aromatic heterocycles. The van der Waals surface area contributed by atoms with Gasteiger partial charge in [0.2, 0.25) is 5.91 Å². The van der Waals surface area contributed by atoms with Crippen LogP contribution in [0.2, 0.25) is 0 Å². The normalized spacial score (nSPS) is 34.5. The number of carboxylic acid groups (broad SMARTS) is 1. The number of amidine groups is 1. The zero-order chi connectivity index (χ0) is 17.9. The number of aliphatic hydroxyl groups excluding tert-OH is 2. The Hall–Kier alpha value is -1.75. The molecular formula is C13H23N3O7. The van der Waals surface area contributed by atoms with Crippen LogP contribution in [0, 0.1) is 0 Å². The van der Waals surface area contributed by atoms with Crippen LogP contribution < -0.4 is 11.1 Å². The fraction of sp³-hybridized carbons (Fsp3) is 0.769. The summed E-state index contributed by atoms with van der Waals surface area (Å²) in [6.45, 7) is 4.02. The standard InChI is InChI=1S/C13H23N3O7/c1-5(17)9(15-6(2)14)11-10(16-7(3)18)8(19)4-13(22,23-11)12(20)21/h5,8-11,17,19,22H,4H2,1-3H3,(H2,14,15)(H,16,18)(H,20,21)/t5-,8-,9+,10+,11-,13-/m0/s1. The third-order valence-electron chi connectivity index (χ3n) is 3.47. The number of amides is 1. The number of carboxylic acids is 1. The fourth-order valence-electron chi connectivity index (χ4n) is 2.50. The van der Waals surface area contributed by atoms with Gasteiger partial charge in [0.25, 0.3) is 5.79 Å². The largest absolute Gasteiger partial charge is 0.477 e. The Morgan fingerprint density at radius 2 is 2.00 bits per heavy atom. The van der Waals surface area contributed by atoms with E-state index in [1.54, 1.807) is 0 Å². The minimum Gasteiger partial charge on any atom is -0.477 e. The fourth-order valence-corrected chi connectivity index (χ4v) is 2.50. The maximum absolute atomic E-state index is 11.3. The number of aliphatic hydroxyl groups is 3. The number of rotatable bonds is 5. The Kier molecular flexibility index (Phi) is 6.05. The van der Waals surface area contributed by atoms with Crippen LogP contribution in [0.15, 0.2) is 4.99 Å². The van der Waals surface area contributed by atoms with Gasteiger partial charge in [0.1, 0.15) is 12.1 Å². The molecule has 132 valence electrons. The van der Waals surface area contributed by atoms with Gasteiger partial charge in [-0.2, -0.15) is 0 Å². The molecule has 0 saturated carbocycles. The number of nitrogens with one attached hydrogen (secondary N) is 1. The first-order valence-corrected chi connectivity index (χ1v) is 7.04. The van der Waals surface area contributed by atoms with Crippen LogP contribution in [0.4, 0.5) is 0 Å². The van der Waals surface area contributed by atoms with Gasteiger partial charge >= 0.3 is 5.97 Å². The lowest BCUT2D eigenvalue weighted by molar-refractivity contribution is -0.281. The lowest BCUT2D eigenvalue weighted by Crippen LogP contribution is -2.66. The van der Waals surface area contributed by atoms with Gasteiger partial charge in [-0.3, -0.25) is 9.79 Å². The number of ether oxygens (including phenoxy) is 1. The second-order valence-corrected chi connectivity index (χ2v) is 5.67. The molecule has 1 aliphatic rings. The quantitative estimate of drug-likeness (QED) is 0.237. The van der Waals surface area contributed by atoms with Gasteiger partial charge in [0.15, 0.2) is 0 Å². The Balaban J connectivity index is 3.27. The van der Waals surface area contributed by atoms with E-state index in [2.05, 4.69) is 10.3 Å². The van der Waals surface area contributed by atoms with E-state index in [-0.39, 0.29) is 5.84 Å². The summed E-state index contributed by atoms with van der Waals surface area (Å²) in [4.78, 5) is 26.5. The van der Waals surface area contributed by atoms with E-state index in [1.807, 2.05) is 0 Å². The molecule has 0 aliphatic carbocycles. The number of hydrogen-bond donors (Lipinski definition) is 6. The van der Waals surface area contributed by atoms with E-state index in [0.29, 0.717) is 0 Å². The molecular weight excluding hydrogens is 310 g/mol. The number of carbonyl (C=O) groups excluding carboxylic acids is 1. The highest BCUT2D eigenvalue weighted by molar-refractivity contribution is 5.78. The summed E-state index contributed by atoms with van der Waals surface area (Å²) in [5, 5.41) is 41.6. The number of aliphatic imine (C=N–C) groups is 1. The Morgan fingerprint density at radius 3 is 2.39 bits per heavy atom. The van der Waals surface area contributed by atoms with Crippen molar-refractivity contribution in [1.29, 1.82) is 0 Å². The summed E-state index contributed by atoms with van der Waals surface area (Å²) in [5.74, 6) is -4.77. The van der Waals surface area contributed by atoms with Gasteiger partial charge in [-0.25, -0.2) is 4.79 Å². The van der Waals surface area contributed by atoms with Gasteiger partial charge in [0.05, 0.1) is 24.1 Å². The third-order valence-corrected chi connectivity index (χ3v) is 3.47. The molecule has 0 aromatic carbocycles. The second kappa shape index (κ2) is 7.21. The maximum atomic E-state index is 11.3. The first-order valence-electron chi connectivity index (χ1n) is 7.04. The summed E-state index contributed by atoms with van der Waals surface area (Å²) in [5.41, 5.74) is 5.50. The third kappa shape index (κ3) is 4.61. The lowest BCUT2D eigenvalue weighted by atomic mass is 9.87. The zero-order valence-corrected chi connectivity index (χ0v) is 13.1. The van der Waals surface area contributed by atoms with Gasteiger partial charge in [-0.15, -0.1) is 0 Å². The molecule has 1 amide bonds. The van der Waals surface area contributed by atoms with Crippen molar-refractivity contribution in [2.75, 3.05) is 0 Å².